The van der Waals surface area contributed by atoms with E-state index in [2.05, 4.69) is 14.8 Å². The van der Waals surface area contributed by atoms with Crippen molar-refractivity contribution in [1.29, 1.82) is 0 Å². The number of nitrogens with zero attached hydrogens (tertiary/aromatic N) is 2. The number of halogens is 1. The molecule has 1 aliphatic heterocycles. The summed E-state index contributed by atoms with van der Waals surface area (Å²) in [5, 5.41) is 0.973. The zero-order chi connectivity index (χ0) is 20.4. The molecule has 5 nitrogen and oxygen atoms in total. The van der Waals surface area contributed by atoms with Crippen molar-refractivity contribution in [2.45, 2.75) is 19.5 Å². The molecule has 2 heterocycles. The number of carbonyl (C=O) groups excluding carboxylic acids is 1. The minimum Gasteiger partial charge on any atom is -0.496 e. The van der Waals surface area contributed by atoms with Crippen molar-refractivity contribution in [3.63, 3.8) is 0 Å². The molecule has 0 amide bonds. The number of para-hydroxylation sites is 1. The molecular formula is C23H26FN3O2. The third-order valence-electron chi connectivity index (χ3n) is 5.83. The van der Waals surface area contributed by atoms with Crippen molar-refractivity contribution in [2.75, 3.05) is 33.3 Å². The number of aromatic nitrogens is 1. The van der Waals surface area contributed by atoms with E-state index in [4.69, 9.17) is 4.74 Å². The first kappa shape index (κ1) is 19.6. The van der Waals surface area contributed by atoms with E-state index in [1.807, 2.05) is 37.4 Å². The number of hydrogen-bond acceptors (Lipinski definition) is 4. The number of rotatable bonds is 6. The van der Waals surface area contributed by atoms with Gasteiger partial charge >= 0.3 is 0 Å². The van der Waals surface area contributed by atoms with Crippen LogP contribution in [0.1, 0.15) is 22.8 Å². The topological polar surface area (TPSA) is 48.6 Å². The molecule has 6 heteroatoms. The van der Waals surface area contributed by atoms with Gasteiger partial charge in [-0.25, -0.2) is 4.39 Å². The SMILES string of the molecule is COc1ccc(F)cc1CN1CCN([C@@H](C)C(=O)c2c[nH]c3ccccc23)CC1. The number of hydrogen-bond donors (Lipinski definition) is 1. The number of Topliss-reactive ketones (excluding diaryl/α,β-unsaturated/α-hetero) is 1. The van der Waals surface area contributed by atoms with E-state index in [0.29, 0.717) is 12.3 Å². The first-order chi connectivity index (χ1) is 14.1. The molecule has 1 aromatic heterocycles. The number of ether oxygens (including phenoxy) is 1. The van der Waals surface area contributed by atoms with Gasteiger partial charge in [-0.05, 0) is 31.2 Å². The Hall–Kier alpha value is -2.70. The van der Waals surface area contributed by atoms with Crippen molar-refractivity contribution in [1.82, 2.24) is 14.8 Å². The lowest BCUT2D eigenvalue weighted by molar-refractivity contribution is 0.0687. The summed E-state index contributed by atoms with van der Waals surface area (Å²) in [4.78, 5) is 20.8. The first-order valence-corrected chi connectivity index (χ1v) is 9.96. The molecular weight excluding hydrogens is 369 g/mol. The number of methoxy groups -OCH3 is 1. The van der Waals surface area contributed by atoms with Gasteiger partial charge in [-0.1, -0.05) is 18.2 Å². The molecule has 0 unspecified atom stereocenters. The molecule has 0 aliphatic carbocycles. The third-order valence-corrected chi connectivity index (χ3v) is 5.83. The second-order valence-electron chi connectivity index (χ2n) is 7.56. The van der Waals surface area contributed by atoms with Gasteiger partial charge in [-0.2, -0.15) is 0 Å². The quantitative estimate of drug-likeness (QED) is 0.647. The number of ketones is 1. The van der Waals surface area contributed by atoms with Crippen LogP contribution in [0.5, 0.6) is 5.75 Å². The van der Waals surface area contributed by atoms with E-state index in [9.17, 15) is 9.18 Å². The van der Waals surface area contributed by atoms with Crippen molar-refractivity contribution in [3.8, 4) is 5.75 Å². The number of H-pyrrole nitrogens is 1. The maximum absolute atomic E-state index is 13.6. The van der Waals surface area contributed by atoms with Gasteiger partial charge in [-0.15, -0.1) is 0 Å². The summed E-state index contributed by atoms with van der Waals surface area (Å²) < 4.78 is 19.0. The number of nitrogens with one attached hydrogen (secondary N) is 1. The fourth-order valence-electron chi connectivity index (χ4n) is 4.09. The lowest BCUT2D eigenvalue weighted by atomic mass is 10.0. The molecule has 1 saturated heterocycles. The molecule has 2 aromatic carbocycles. The van der Waals surface area contributed by atoms with Crippen molar-refractivity contribution in [3.05, 3.63) is 65.6 Å². The highest BCUT2D eigenvalue weighted by Gasteiger charge is 2.28. The second kappa shape index (κ2) is 8.35. The van der Waals surface area contributed by atoms with Crippen molar-refractivity contribution in [2.24, 2.45) is 0 Å². The van der Waals surface area contributed by atoms with Gasteiger partial charge in [0.2, 0.25) is 0 Å². The van der Waals surface area contributed by atoms with E-state index in [1.165, 1.54) is 12.1 Å². The van der Waals surface area contributed by atoms with E-state index in [0.717, 1.165) is 48.2 Å². The molecule has 1 fully saturated rings. The predicted octanol–water partition coefficient (Wildman–Crippen LogP) is 3.70. The van der Waals surface area contributed by atoms with E-state index in [-0.39, 0.29) is 17.6 Å². The van der Waals surface area contributed by atoms with Crippen LogP contribution in [0.2, 0.25) is 0 Å². The summed E-state index contributed by atoms with van der Waals surface area (Å²) in [5.74, 6) is 0.594. The minimum absolute atomic E-state index is 0.141. The van der Waals surface area contributed by atoms with Crippen LogP contribution in [0.15, 0.2) is 48.7 Å². The molecule has 0 spiro atoms. The predicted molar refractivity (Wildman–Crippen MR) is 112 cm³/mol. The van der Waals surface area contributed by atoms with Crippen LogP contribution < -0.4 is 4.74 Å². The molecule has 0 bridgehead atoms. The summed E-state index contributed by atoms with van der Waals surface area (Å²) in [5.41, 5.74) is 2.58. The monoisotopic (exact) mass is 395 g/mol. The Balaban J connectivity index is 1.39. The molecule has 152 valence electrons. The zero-order valence-corrected chi connectivity index (χ0v) is 16.8. The first-order valence-electron chi connectivity index (χ1n) is 9.96. The Bertz CT molecular complexity index is 1010. The van der Waals surface area contributed by atoms with Gasteiger partial charge in [0.15, 0.2) is 5.78 Å². The lowest BCUT2D eigenvalue weighted by Gasteiger charge is -2.37. The van der Waals surface area contributed by atoms with Crippen LogP contribution in [-0.2, 0) is 6.54 Å². The Morgan fingerprint density at radius 1 is 1.17 bits per heavy atom. The molecule has 0 saturated carbocycles. The summed E-state index contributed by atoms with van der Waals surface area (Å²) >= 11 is 0. The van der Waals surface area contributed by atoms with Crippen LogP contribution >= 0.6 is 0 Å². The highest BCUT2D eigenvalue weighted by atomic mass is 19.1. The van der Waals surface area contributed by atoms with Gasteiger partial charge in [0.05, 0.1) is 13.2 Å². The summed E-state index contributed by atoms with van der Waals surface area (Å²) in [7, 11) is 1.60. The molecule has 29 heavy (non-hydrogen) atoms. The summed E-state index contributed by atoms with van der Waals surface area (Å²) in [6, 6.07) is 12.3. The number of benzene rings is 2. The maximum atomic E-state index is 13.6. The second-order valence-corrected chi connectivity index (χ2v) is 7.56. The van der Waals surface area contributed by atoms with Gasteiger partial charge in [0, 0.05) is 61.0 Å². The van der Waals surface area contributed by atoms with Crippen LogP contribution in [0, 0.1) is 5.82 Å². The Morgan fingerprint density at radius 3 is 2.69 bits per heavy atom. The average molecular weight is 395 g/mol. The number of piperazine rings is 1. The van der Waals surface area contributed by atoms with Gasteiger partial charge < -0.3 is 9.72 Å². The van der Waals surface area contributed by atoms with Crippen molar-refractivity contribution < 1.29 is 13.9 Å². The highest BCUT2D eigenvalue weighted by Crippen LogP contribution is 2.23. The van der Waals surface area contributed by atoms with E-state index in [1.54, 1.807) is 13.2 Å². The number of fused-ring (bicyclic) bond motifs is 1. The highest BCUT2D eigenvalue weighted by molar-refractivity contribution is 6.10. The summed E-state index contributed by atoms with van der Waals surface area (Å²) in [6.45, 7) is 5.87. The zero-order valence-electron chi connectivity index (χ0n) is 16.8. The molecule has 3 aromatic rings. The third kappa shape index (κ3) is 4.04. The number of aromatic amines is 1. The fourth-order valence-corrected chi connectivity index (χ4v) is 4.09. The average Bonchev–Trinajstić information content (AvgIpc) is 3.17. The lowest BCUT2D eigenvalue weighted by Crippen LogP contribution is -2.51. The van der Waals surface area contributed by atoms with E-state index < -0.39 is 0 Å². The van der Waals surface area contributed by atoms with Crippen LogP contribution in [0.3, 0.4) is 0 Å². The van der Waals surface area contributed by atoms with Crippen LogP contribution in [0.25, 0.3) is 10.9 Å². The van der Waals surface area contributed by atoms with Crippen LogP contribution in [-0.4, -0.2) is 59.9 Å². The Labute approximate surface area is 170 Å². The van der Waals surface area contributed by atoms with Crippen LogP contribution in [0.4, 0.5) is 4.39 Å². The van der Waals surface area contributed by atoms with Gasteiger partial charge in [-0.3, -0.25) is 14.6 Å². The van der Waals surface area contributed by atoms with Crippen molar-refractivity contribution >= 4 is 16.7 Å². The maximum Gasteiger partial charge on any atom is 0.181 e. The van der Waals surface area contributed by atoms with E-state index >= 15 is 0 Å². The Morgan fingerprint density at radius 2 is 1.93 bits per heavy atom. The molecule has 4 rings (SSSR count). The van der Waals surface area contributed by atoms with Gasteiger partial charge in [0.25, 0.3) is 0 Å². The fraction of sp³-hybridized carbons (Fsp3) is 0.348. The standard InChI is InChI=1S/C23H26FN3O2/c1-16(23(28)20-14-25-21-6-4-3-5-19(20)21)27-11-9-26(10-12-27)15-17-13-18(24)7-8-22(17)29-2/h3-8,13-14,16,25H,9-12,15H2,1-2H3/t16-/m0/s1. The molecule has 1 N–H and O–H groups in total. The molecule has 0 radical (unpaired) electrons. The Kier molecular flexibility index (Phi) is 5.65. The minimum atomic E-state index is -0.252. The largest absolute Gasteiger partial charge is 0.496 e. The molecule has 1 atom stereocenters. The normalized spacial score (nSPS) is 16.8. The number of carbonyl (C=O) groups is 1. The summed E-state index contributed by atoms with van der Waals surface area (Å²) in [6.07, 6.45) is 1.82. The van der Waals surface area contributed by atoms with Gasteiger partial charge in [0.1, 0.15) is 11.6 Å². The smallest absolute Gasteiger partial charge is 0.181 e. The molecule has 1 aliphatic rings.